The quantitative estimate of drug-likeness (QED) is 0.725. The predicted molar refractivity (Wildman–Crippen MR) is 62.4 cm³/mol. The van der Waals surface area contributed by atoms with Gasteiger partial charge in [-0.2, -0.15) is 0 Å². The molecule has 0 aliphatic carbocycles. The minimum absolute atomic E-state index is 0.543. The molecule has 0 saturated heterocycles. The number of hydrogen-bond donors (Lipinski definition) is 1. The fraction of sp³-hybridized carbons (Fsp3) is 0.538. The molecule has 1 rings (SSSR count). The standard InChI is InChI=1S/C13H21N/c1-3-8-13(14-11-4-2)12-9-6-5-7-10-12/h5-7,9-10,13-14H,3-4,8,11H2,1-2H3/t13-/m1/s1. The average Bonchev–Trinajstić information content (AvgIpc) is 2.25. The zero-order chi connectivity index (χ0) is 10.2. The first-order valence-corrected chi connectivity index (χ1v) is 5.66. The molecule has 0 amide bonds. The van der Waals surface area contributed by atoms with E-state index in [1.165, 1.54) is 24.8 Å². The molecule has 1 atom stereocenters. The Morgan fingerprint density at radius 2 is 1.79 bits per heavy atom. The van der Waals surface area contributed by atoms with Crippen molar-refractivity contribution in [3.05, 3.63) is 35.9 Å². The molecule has 0 aromatic heterocycles. The van der Waals surface area contributed by atoms with Crippen LogP contribution in [-0.4, -0.2) is 6.54 Å². The van der Waals surface area contributed by atoms with Crippen molar-refractivity contribution in [2.75, 3.05) is 6.54 Å². The van der Waals surface area contributed by atoms with E-state index in [0.29, 0.717) is 6.04 Å². The molecule has 1 heteroatoms. The van der Waals surface area contributed by atoms with Crippen LogP contribution in [0.1, 0.15) is 44.7 Å². The van der Waals surface area contributed by atoms with E-state index in [1.807, 2.05) is 0 Å². The van der Waals surface area contributed by atoms with Gasteiger partial charge in [0.25, 0.3) is 0 Å². The highest BCUT2D eigenvalue weighted by Gasteiger charge is 2.07. The van der Waals surface area contributed by atoms with Crippen molar-refractivity contribution >= 4 is 0 Å². The van der Waals surface area contributed by atoms with Crippen LogP contribution < -0.4 is 5.32 Å². The number of rotatable bonds is 6. The van der Waals surface area contributed by atoms with Gasteiger partial charge in [0.15, 0.2) is 0 Å². The minimum Gasteiger partial charge on any atom is -0.310 e. The lowest BCUT2D eigenvalue weighted by Gasteiger charge is -2.17. The van der Waals surface area contributed by atoms with Gasteiger partial charge in [0, 0.05) is 6.04 Å². The van der Waals surface area contributed by atoms with E-state index < -0.39 is 0 Å². The van der Waals surface area contributed by atoms with Crippen molar-refractivity contribution in [1.82, 2.24) is 5.32 Å². The van der Waals surface area contributed by atoms with Crippen molar-refractivity contribution < 1.29 is 0 Å². The Kier molecular flexibility index (Phi) is 5.31. The second-order valence-electron chi connectivity index (χ2n) is 3.71. The van der Waals surface area contributed by atoms with Crippen LogP contribution in [0, 0.1) is 0 Å². The smallest absolute Gasteiger partial charge is 0.0320 e. The molecule has 1 aromatic carbocycles. The van der Waals surface area contributed by atoms with Crippen molar-refractivity contribution in [3.8, 4) is 0 Å². The Hall–Kier alpha value is -0.820. The fourth-order valence-electron chi connectivity index (χ4n) is 1.68. The highest BCUT2D eigenvalue weighted by molar-refractivity contribution is 5.18. The molecule has 1 nitrogen and oxygen atoms in total. The van der Waals surface area contributed by atoms with E-state index in [2.05, 4.69) is 49.5 Å². The van der Waals surface area contributed by atoms with Crippen LogP contribution >= 0.6 is 0 Å². The monoisotopic (exact) mass is 191 g/mol. The van der Waals surface area contributed by atoms with Gasteiger partial charge >= 0.3 is 0 Å². The lowest BCUT2D eigenvalue weighted by atomic mass is 10.0. The Morgan fingerprint density at radius 3 is 2.36 bits per heavy atom. The molecule has 0 bridgehead atoms. The molecule has 0 spiro atoms. The van der Waals surface area contributed by atoms with Gasteiger partial charge in [-0.05, 0) is 24.9 Å². The lowest BCUT2D eigenvalue weighted by Crippen LogP contribution is -2.21. The molecule has 0 saturated carbocycles. The van der Waals surface area contributed by atoms with Crippen LogP contribution in [0.4, 0.5) is 0 Å². The highest BCUT2D eigenvalue weighted by atomic mass is 14.9. The predicted octanol–water partition coefficient (Wildman–Crippen LogP) is 3.53. The van der Waals surface area contributed by atoms with Gasteiger partial charge < -0.3 is 5.32 Å². The normalized spacial score (nSPS) is 12.7. The maximum Gasteiger partial charge on any atom is 0.0320 e. The lowest BCUT2D eigenvalue weighted by molar-refractivity contribution is 0.494. The Balaban J connectivity index is 2.58. The van der Waals surface area contributed by atoms with Crippen molar-refractivity contribution in [3.63, 3.8) is 0 Å². The van der Waals surface area contributed by atoms with E-state index in [-0.39, 0.29) is 0 Å². The van der Waals surface area contributed by atoms with Gasteiger partial charge in [0.2, 0.25) is 0 Å². The van der Waals surface area contributed by atoms with Gasteiger partial charge in [-0.15, -0.1) is 0 Å². The zero-order valence-corrected chi connectivity index (χ0v) is 9.29. The molecule has 0 heterocycles. The van der Waals surface area contributed by atoms with Crippen molar-refractivity contribution in [2.45, 2.75) is 39.2 Å². The summed E-state index contributed by atoms with van der Waals surface area (Å²) in [7, 11) is 0. The van der Waals surface area contributed by atoms with E-state index in [0.717, 1.165) is 6.54 Å². The first-order valence-electron chi connectivity index (χ1n) is 5.66. The Morgan fingerprint density at radius 1 is 1.07 bits per heavy atom. The van der Waals surface area contributed by atoms with Crippen LogP contribution in [0.2, 0.25) is 0 Å². The molecular formula is C13H21N. The first-order chi connectivity index (χ1) is 6.88. The molecule has 0 radical (unpaired) electrons. The SMILES string of the molecule is CCCN[C@H](CCC)c1ccccc1. The summed E-state index contributed by atoms with van der Waals surface area (Å²) in [4.78, 5) is 0. The maximum absolute atomic E-state index is 3.59. The molecule has 14 heavy (non-hydrogen) atoms. The molecule has 1 N–H and O–H groups in total. The second-order valence-corrected chi connectivity index (χ2v) is 3.71. The van der Waals surface area contributed by atoms with Crippen LogP contribution in [0.15, 0.2) is 30.3 Å². The molecular weight excluding hydrogens is 170 g/mol. The molecule has 0 aliphatic rings. The molecule has 0 aliphatic heterocycles. The third-order valence-corrected chi connectivity index (χ3v) is 2.42. The molecule has 78 valence electrons. The summed E-state index contributed by atoms with van der Waals surface area (Å²) in [5.41, 5.74) is 1.42. The average molecular weight is 191 g/mol. The van der Waals surface area contributed by atoms with Crippen LogP contribution in [-0.2, 0) is 0 Å². The summed E-state index contributed by atoms with van der Waals surface area (Å²) in [6, 6.07) is 11.3. The number of hydrogen-bond acceptors (Lipinski definition) is 1. The molecule has 0 unspecified atom stereocenters. The highest BCUT2D eigenvalue weighted by Crippen LogP contribution is 2.17. The molecule has 1 aromatic rings. The third kappa shape index (κ3) is 3.51. The van der Waals surface area contributed by atoms with Crippen LogP contribution in [0.5, 0.6) is 0 Å². The summed E-state index contributed by atoms with van der Waals surface area (Å²) in [6.07, 6.45) is 3.66. The van der Waals surface area contributed by atoms with Crippen LogP contribution in [0.25, 0.3) is 0 Å². The van der Waals surface area contributed by atoms with E-state index in [9.17, 15) is 0 Å². The Labute approximate surface area is 87.5 Å². The maximum atomic E-state index is 3.59. The number of benzene rings is 1. The van der Waals surface area contributed by atoms with E-state index in [1.54, 1.807) is 0 Å². The van der Waals surface area contributed by atoms with Gasteiger partial charge in [-0.1, -0.05) is 50.6 Å². The van der Waals surface area contributed by atoms with Gasteiger partial charge in [-0.25, -0.2) is 0 Å². The largest absolute Gasteiger partial charge is 0.310 e. The fourth-order valence-corrected chi connectivity index (χ4v) is 1.68. The van der Waals surface area contributed by atoms with Crippen molar-refractivity contribution in [1.29, 1.82) is 0 Å². The summed E-state index contributed by atoms with van der Waals surface area (Å²) in [5, 5.41) is 3.59. The summed E-state index contributed by atoms with van der Waals surface area (Å²) < 4.78 is 0. The zero-order valence-electron chi connectivity index (χ0n) is 9.29. The first kappa shape index (κ1) is 11.3. The summed E-state index contributed by atoms with van der Waals surface area (Å²) in [5.74, 6) is 0. The summed E-state index contributed by atoms with van der Waals surface area (Å²) in [6.45, 7) is 5.56. The minimum atomic E-state index is 0.543. The van der Waals surface area contributed by atoms with E-state index in [4.69, 9.17) is 0 Å². The van der Waals surface area contributed by atoms with Gasteiger partial charge in [0.1, 0.15) is 0 Å². The van der Waals surface area contributed by atoms with Gasteiger partial charge in [0.05, 0.1) is 0 Å². The topological polar surface area (TPSA) is 12.0 Å². The van der Waals surface area contributed by atoms with Crippen LogP contribution in [0.3, 0.4) is 0 Å². The van der Waals surface area contributed by atoms with Crippen molar-refractivity contribution in [2.24, 2.45) is 0 Å². The number of nitrogens with one attached hydrogen (secondary N) is 1. The molecule has 0 fully saturated rings. The summed E-state index contributed by atoms with van der Waals surface area (Å²) >= 11 is 0. The third-order valence-electron chi connectivity index (χ3n) is 2.42. The van der Waals surface area contributed by atoms with Gasteiger partial charge in [-0.3, -0.25) is 0 Å². The Bertz CT molecular complexity index is 230. The second kappa shape index (κ2) is 6.61. The van der Waals surface area contributed by atoms with E-state index >= 15 is 0 Å².